The van der Waals surface area contributed by atoms with E-state index in [1.54, 1.807) is 7.05 Å². The molecule has 0 atom stereocenters. The van der Waals surface area contributed by atoms with Crippen molar-refractivity contribution < 1.29 is 13.5 Å². The molecule has 0 bridgehead atoms. The minimum absolute atomic E-state index is 0.0680. The van der Waals surface area contributed by atoms with Crippen LogP contribution in [0.1, 0.15) is 18.5 Å². The van der Waals surface area contributed by atoms with E-state index in [4.69, 9.17) is 5.11 Å². The molecule has 1 aliphatic carbocycles. The van der Waals surface area contributed by atoms with Crippen LogP contribution in [0.15, 0.2) is 11.4 Å². The lowest BCUT2D eigenvalue weighted by molar-refractivity contribution is 0.271. The maximum absolute atomic E-state index is 11.9. The van der Waals surface area contributed by atoms with Gasteiger partial charge in [-0.05, 0) is 18.8 Å². The first kappa shape index (κ1) is 10.6. The smallest absolute Gasteiger partial charge is 0.227 e. The number of rotatable bonds is 4. The minimum Gasteiger partial charge on any atom is -0.390 e. The van der Waals surface area contributed by atoms with Gasteiger partial charge in [0, 0.05) is 7.05 Å². The first-order valence-electron chi connectivity index (χ1n) is 4.89. The second-order valence-electron chi connectivity index (χ2n) is 3.97. The predicted octanol–water partition coefficient (Wildman–Crippen LogP) is 0.0961. The van der Waals surface area contributed by atoms with Crippen LogP contribution < -0.4 is 0 Å². The van der Waals surface area contributed by atoms with Crippen LogP contribution in [0.25, 0.3) is 0 Å². The number of imidazole rings is 1. The fraction of sp³-hybridized carbons (Fsp3) is 0.667. The van der Waals surface area contributed by atoms with E-state index in [0.717, 1.165) is 12.8 Å². The summed E-state index contributed by atoms with van der Waals surface area (Å²) in [5.74, 6) is 0.493. The van der Waals surface area contributed by atoms with Crippen LogP contribution in [0, 0.1) is 5.92 Å². The van der Waals surface area contributed by atoms with Gasteiger partial charge in [-0.2, -0.15) is 0 Å². The molecule has 2 rings (SSSR count). The fourth-order valence-electron chi connectivity index (χ4n) is 1.53. The number of aliphatic hydroxyl groups excluding tert-OH is 1. The third-order valence-corrected chi connectivity index (χ3v) is 4.48. The molecule has 1 aromatic rings. The molecular weight excluding hydrogens is 216 g/mol. The van der Waals surface area contributed by atoms with Gasteiger partial charge in [0.1, 0.15) is 0 Å². The molecule has 0 spiro atoms. The molecule has 0 aromatic carbocycles. The van der Waals surface area contributed by atoms with Gasteiger partial charge in [-0.1, -0.05) is 0 Å². The molecule has 0 radical (unpaired) electrons. The third kappa shape index (κ3) is 2.05. The minimum atomic E-state index is -3.28. The summed E-state index contributed by atoms with van der Waals surface area (Å²) in [4.78, 5) is 3.85. The number of hydrogen-bond donors (Lipinski definition) is 1. The van der Waals surface area contributed by atoms with E-state index in [-0.39, 0.29) is 17.5 Å². The maximum Gasteiger partial charge on any atom is 0.227 e. The molecule has 0 amide bonds. The van der Waals surface area contributed by atoms with Crippen molar-refractivity contribution in [3.63, 3.8) is 0 Å². The van der Waals surface area contributed by atoms with Gasteiger partial charge >= 0.3 is 0 Å². The maximum atomic E-state index is 11.9. The summed E-state index contributed by atoms with van der Waals surface area (Å²) >= 11 is 0. The Morgan fingerprint density at radius 1 is 1.60 bits per heavy atom. The van der Waals surface area contributed by atoms with Crippen LogP contribution >= 0.6 is 0 Å². The Balaban J connectivity index is 2.30. The summed E-state index contributed by atoms with van der Waals surface area (Å²) < 4.78 is 25.2. The molecule has 1 fully saturated rings. The standard InChI is InChI=1S/C9H14N2O3S/c1-11-8(5-12)4-10-9(11)15(13,14)6-7-2-3-7/h4,7,12H,2-3,5-6H2,1H3. The number of sulfone groups is 1. The summed E-state index contributed by atoms with van der Waals surface area (Å²) in [6.45, 7) is -0.192. The second-order valence-corrected chi connectivity index (χ2v) is 5.90. The molecule has 0 aliphatic heterocycles. The molecular formula is C9H14N2O3S. The summed E-state index contributed by atoms with van der Waals surface area (Å²) in [7, 11) is -1.67. The first-order valence-corrected chi connectivity index (χ1v) is 6.54. The second kappa shape index (κ2) is 3.61. The van der Waals surface area contributed by atoms with Crippen molar-refractivity contribution in [2.24, 2.45) is 13.0 Å². The highest BCUT2D eigenvalue weighted by Crippen LogP contribution is 2.31. The summed E-state index contributed by atoms with van der Waals surface area (Å²) in [6.07, 6.45) is 3.40. The lowest BCUT2D eigenvalue weighted by atomic mass is 10.5. The van der Waals surface area contributed by atoms with Crippen molar-refractivity contribution in [1.82, 2.24) is 9.55 Å². The average molecular weight is 230 g/mol. The monoisotopic (exact) mass is 230 g/mol. The quantitative estimate of drug-likeness (QED) is 0.796. The van der Waals surface area contributed by atoms with Crippen molar-refractivity contribution in [3.8, 4) is 0 Å². The largest absolute Gasteiger partial charge is 0.390 e. The first-order chi connectivity index (χ1) is 7.04. The topological polar surface area (TPSA) is 72.2 Å². The zero-order valence-corrected chi connectivity index (χ0v) is 9.37. The number of nitrogens with zero attached hydrogens (tertiary/aromatic N) is 2. The van der Waals surface area contributed by atoms with Crippen LogP contribution in [0.5, 0.6) is 0 Å². The molecule has 1 heterocycles. The molecule has 5 nitrogen and oxygen atoms in total. The number of hydrogen-bond acceptors (Lipinski definition) is 4. The Hall–Kier alpha value is -0.880. The van der Waals surface area contributed by atoms with E-state index in [0.29, 0.717) is 11.6 Å². The van der Waals surface area contributed by atoms with E-state index < -0.39 is 9.84 Å². The summed E-state index contributed by atoms with van der Waals surface area (Å²) in [5.41, 5.74) is 0.518. The Morgan fingerprint density at radius 2 is 2.27 bits per heavy atom. The highest BCUT2D eigenvalue weighted by molar-refractivity contribution is 7.91. The van der Waals surface area contributed by atoms with Crippen molar-refractivity contribution in [1.29, 1.82) is 0 Å². The van der Waals surface area contributed by atoms with Crippen LogP contribution in [-0.4, -0.2) is 28.8 Å². The summed E-state index contributed by atoms with van der Waals surface area (Å²) in [5, 5.41) is 9.00. The van der Waals surface area contributed by atoms with Gasteiger partial charge in [0.25, 0.3) is 0 Å². The molecule has 0 unspecified atom stereocenters. The van der Waals surface area contributed by atoms with Crippen LogP contribution in [0.2, 0.25) is 0 Å². The molecule has 6 heteroatoms. The Bertz CT molecular complexity index is 460. The van der Waals surface area contributed by atoms with E-state index in [9.17, 15) is 8.42 Å². The Labute approximate surface area is 88.7 Å². The van der Waals surface area contributed by atoms with Gasteiger partial charge in [-0.15, -0.1) is 0 Å². The van der Waals surface area contributed by atoms with E-state index in [1.165, 1.54) is 10.8 Å². The van der Waals surface area contributed by atoms with Crippen LogP contribution in [0.4, 0.5) is 0 Å². The van der Waals surface area contributed by atoms with Crippen LogP contribution in [0.3, 0.4) is 0 Å². The zero-order valence-electron chi connectivity index (χ0n) is 8.55. The molecule has 1 N–H and O–H groups in total. The normalized spacial score (nSPS) is 16.9. The van der Waals surface area contributed by atoms with Gasteiger partial charge < -0.3 is 9.67 Å². The highest BCUT2D eigenvalue weighted by atomic mass is 32.2. The van der Waals surface area contributed by atoms with E-state index >= 15 is 0 Å². The zero-order chi connectivity index (χ0) is 11.1. The van der Waals surface area contributed by atoms with Crippen molar-refractivity contribution in [3.05, 3.63) is 11.9 Å². The Kier molecular flexibility index (Phi) is 2.56. The van der Waals surface area contributed by atoms with E-state index in [1.807, 2.05) is 0 Å². The average Bonchev–Trinajstić information content (AvgIpc) is 2.86. The molecule has 1 aromatic heterocycles. The van der Waals surface area contributed by atoms with Gasteiger partial charge in [0.2, 0.25) is 15.0 Å². The molecule has 0 saturated heterocycles. The SMILES string of the molecule is Cn1c(CO)cnc1S(=O)(=O)CC1CC1. The van der Waals surface area contributed by atoms with E-state index in [2.05, 4.69) is 4.98 Å². The number of aromatic nitrogens is 2. The molecule has 1 saturated carbocycles. The van der Waals surface area contributed by atoms with Gasteiger partial charge in [0.05, 0.1) is 24.3 Å². The van der Waals surface area contributed by atoms with Crippen LogP contribution in [-0.2, 0) is 23.5 Å². The third-order valence-electron chi connectivity index (χ3n) is 2.63. The summed E-state index contributed by atoms with van der Waals surface area (Å²) in [6, 6.07) is 0. The van der Waals surface area contributed by atoms with Crippen molar-refractivity contribution in [2.75, 3.05) is 5.75 Å². The molecule has 1 aliphatic rings. The van der Waals surface area contributed by atoms with Gasteiger partial charge in [-0.3, -0.25) is 0 Å². The predicted molar refractivity (Wildman–Crippen MR) is 53.9 cm³/mol. The lowest BCUT2D eigenvalue weighted by Crippen LogP contribution is -2.14. The lowest BCUT2D eigenvalue weighted by Gasteiger charge is -2.04. The fourth-order valence-corrected chi connectivity index (χ4v) is 3.38. The van der Waals surface area contributed by atoms with Gasteiger partial charge in [0.15, 0.2) is 0 Å². The number of aliphatic hydroxyl groups is 1. The highest BCUT2D eigenvalue weighted by Gasteiger charge is 2.31. The van der Waals surface area contributed by atoms with Gasteiger partial charge in [-0.25, -0.2) is 13.4 Å². The molecule has 84 valence electrons. The van der Waals surface area contributed by atoms with Crippen molar-refractivity contribution in [2.45, 2.75) is 24.6 Å². The molecule has 15 heavy (non-hydrogen) atoms. The van der Waals surface area contributed by atoms with Crippen molar-refractivity contribution >= 4 is 9.84 Å². The Morgan fingerprint density at radius 3 is 2.73 bits per heavy atom.